The predicted molar refractivity (Wildman–Crippen MR) is 60.3 cm³/mol. The van der Waals surface area contributed by atoms with Crippen LogP contribution in [0.15, 0.2) is 0 Å². The van der Waals surface area contributed by atoms with Crippen LogP contribution >= 0.6 is 0 Å². The minimum absolute atomic E-state index is 0.0994. The molecule has 0 aromatic rings. The van der Waals surface area contributed by atoms with Gasteiger partial charge in [0.15, 0.2) is 0 Å². The van der Waals surface area contributed by atoms with Crippen LogP contribution in [0.3, 0.4) is 0 Å². The number of rotatable bonds is 7. The number of carbonyl (C=O) groups is 1. The fourth-order valence-corrected chi connectivity index (χ4v) is 1.21. The zero-order valence-corrected chi connectivity index (χ0v) is 9.89. The molecule has 1 amide bonds. The molecule has 2 N–H and O–H groups in total. The van der Waals surface area contributed by atoms with Crippen molar-refractivity contribution in [2.75, 3.05) is 6.54 Å². The topological polar surface area (TPSA) is 41.1 Å². The van der Waals surface area contributed by atoms with Gasteiger partial charge >= 0.3 is 0 Å². The molecule has 0 saturated carbocycles. The summed E-state index contributed by atoms with van der Waals surface area (Å²) in [4.78, 5) is 11.3. The lowest BCUT2D eigenvalue weighted by Crippen LogP contribution is -2.40. The van der Waals surface area contributed by atoms with Crippen LogP contribution in [0.1, 0.15) is 47.0 Å². The molecule has 0 bridgehead atoms. The Balaban J connectivity index is 3.50. The minimum atomic E-state index is 0.0994. The van der Waals surface area contributed by atoms with E-state index in [9.17, 15) is 4.79 Å². The van der Waals surface area contributed by atoms with Gasteiger partial charge in [0.1, 0.15) is 0 Å². The van der Waals surface area contributed by atoms with E-state index in [0.717, 1.165) is 6.42 Å². The van der Waals surface area contributed by atoms with Crippen LogP contribution < -0.4 is 10.6 Å². The SMILES string of the molecule is CCCCC(C)NC(=O)CNC(C)C. The van der Waals surface area contributed by atoms with Crippen molar-refractivity contribution in [3.63, 3.8) is 0 Å². The molecule has 0 aliphatic rings. The summed E-state index contributed by atoms with van der Waals surface area (Å²) >= 11 is 0. The summed E-state index contributed by atoms with van der Waals surface area (Å²) in [5, 5.41) is 6.06. The molecular formula is C11H24N2O. The number of hydrogen-bond acceptors (Lipinski definition) is 2. The van der Waals surface area contributed by atoms with E-state index >= 15 is 0 Å². The summed E-state index contributed by atoms with van der Waals surface area (Å²) in [7, 11) is 0. The van der Waals surface area contributed by atoms with Gasteiger partial charge in [-0.3, -0.25) is 4.79 Å². The molecule has 0 spiro atoms. The van der Waals surface area contributed by atoms with Crippen LogP contribution in [0.2, 0.25) is 0 Å². The third kappa shape index (κ3) is 8.05. The first-order valence-electron chi connectivity index (χ1n) is 5.59. The average Bonchev–Trinajstić information content (AvgIpc) is 2.11. The molecule has 0 aliphatic carbocycles. The zero-order chi connectivity index (χ0) is 11.0. The monoisotopic (exact) mass is 200 g/mol. The fourth-order valence-electron chi connectivity index (χ4n) is 1.21. The molecule has 0 aliphatic heterocycles. The van der Waals surface area contributed by atoms with Gasteiger partial charge in [-0.2, -0.15) is 0 Å². The molecule has 1 atom stereocenters. The van der Waals surface area contributed by atoms with E-state index in [1.807, 2.05) is 13.8 Å². The molecule has 0 aromatic carbocycles. The highest BCUT2D eigenvalue weighted by atomic mass is 16.1. The van der Waals surface area contributed by atoms with Crippen molar-refractivity contribution in [1.29, 1.82) is 0 Å². The number of unbranched alkanes of at least 4 members (excludes halogenated alkanes) is 1. The summed E-state index contributed by atoms with van der Waals surface area (Å²) in [5.41, 5.74) is 0. The minimum Gasteiger partial charge on any atom is -0.353 e. The van der Waals surface area contributed by atoms with Gasteiger partial charge in [-0.05, 0) is 13.3 Å². The van der Waals surface area contributed by atoms with Gasteiger partial charge < -0.3 is 10.6 Å². The first-order chi connectivity index (χ1) is 6.56. The number of carbonyl (C=O) groups excluding carboxylic acids is 1. The average molecular weight is 200 g/mol. The Bertz CT molecular complexity index is 157. The Labute approximate surface area is 87.6 Å². The standard InChI is InChI=1S/C11H24N2O/c1-5-6-7-10(4)13-11(14)8-12-9(2)3/h9-10,12H,5-8H2,1-4H3,(H,13,14). The van der Waals surface area contributed by atoms with Crippen LogP contribution in [-0.4, -0.2) is 24.5 Å². The largest absolute Gasteiger partial charge is 0.353 e. The molecule has 0 saturated heterocycles. The molecule has 0 heterocycles. The number of amides is 1. The van der Waals surface area contributed by atoms with Gasteiger partial charge in [-0.1, -0.05) is 33.6 Å². The molecule has 0 fully saturated rings. The third-order valence-electron chi connectivity index (χ3n) is 2.07. The molecule has 0 aromatic heterocycles. The maximum Gasteiger partial charge on any atom is 0.234 e. The van der Waals surface area contributed by atoms with Crippen molar-refractivity contribution in [2.24, 2.45) is 0 Å². The summed E-state index contributed by atoms with van der Waals surface area (Å²) < 4.78 is 0. The van der Waals surface area contributed by atoms with E-state index in [-0.39, 0.29) is 5.91 Å². The van der Waals surface area contributed by atoms with E-state index in [1.54, 1.807) is 0 Å². The van der Waals surface area contributed by atoms with Crippen molar-refractivity contribution in [1.82, 2.24) is 10.6 Å². The van der Waals surface area contributed by atoms with Crippen LogP contribution in [0, 0.1) is 0 Å². The van der Waals surface area contributed by atoms with E-state index in [0.29, 0.717) is 18.6 Å². The lowest BCUT2D eigenvalue weighted by atomic mass is 10.1. The van der Waals surface area contributed by atoms with E-state index in [4.69, 9.17) is 0 Å². The molecule has 14 heavy (non-hydrogen) atoms. The van der Waals surface area contributed by atoms with Gasteiger partial charge in [0.2, 0.25) is 5.91 Å². The summed E-state index contributed by atoms with van der Waals surface area (Å²) in [6.45, 7) is 8.72. The van der Waals surface area contributed by atoms with Gasteiger partial charge in [-0.15, -0.1) is 0 Å². The van der Waals surface area contributed by atoms with Gasteiger partial charge in [-0.25, -0.2) is 0 Å². The molecule has 0 rings (SSSR count). The van der Waals surface area contributed by atoms with E-state index in [1.165, 1.54) is 12.8 Å². The second-order valence-corrected chi connectivity index (χ2v) is 4.15. The van der Waals surface area contributed by atoms with Crippen molar-refractivity contribution in [3.05, 3.63) is 0 Å². The molecule has 3 heteroatoms. The highest BCUT2D eigenvalue weighted by Gasteiger charge is 2.06. The number of nitrogens with one attached hydrogen (secondary N) is 2. The quantitative estimate of drug-likeness (QED) is 0.656. The molecular weight excluding hydrogens is 176 g/mol. The van der Waals surface area contributed by atoms with E-state index in [2.05, 4.69) is 24.5 Å². The molecule has 84 valence electrons. The van der Waals surface area contributed by atoms with Gasteiger partial charge in [0, 0.05) is 12.1 Å². The fraction of sp³-hybridized carbons (Fsp3) is 0.909. The smallest absolute Gasteiger partial charge is 0.234 e. The van der Waals surface area contributed by atoms with E-state index < -0.39 is 0 Å². The Morgan fingerprint density at radius 2 is 1.93 bits per heavy atom. The first-order valence-corrected chi connectivity index (χ1v) is 5.59. The maximum absolute atomic E-state index is 11.3. The Morgan fingerprint density at radius 3 is 2.43 bits per heavy atom. The van der Waals surface area contributed by atoms with Crippen LogP contribution in [0.4, 0.5) is 0 Å². The van der Waals surface area contributed by atoms with Crippen molar-refractivity contribution >= 4 is 5.91 Å². The van der Waals surface area contributed by atoms with Gasteiger partial charge in [0.05, 0.1) is 6.54 Å². The van der Waals surface area contributed by atoms with Crippen molar-refractivity contribution < 1.29 is 4.79 Å². The lowest BCUT2D eigenvalue weighted by molar-refractivity contribution is -0.121. The number of hydrogen-bond donors (Lipinski definition) is 2. The van der Waals surface area contributed by atoms with Crippen LogP contribution in [0.5, 0.6) is 0 Å². The summed E-state index contributed by atoms with van der Waals surface area (Å²) in [6, 6.07) is 0.670. The summed E-state index contributed by atoms with van der Waals surface area (Å²) in [6.07, 6.45) is 3.44. The van der Waals surface area contributed by atoms with Crippen LogP contribution in [0.25, 0.3) is 0 Å². The Morgan fingerprint density at radius 1 is 1.29 bits per heavy atom. The Kier molecular flexibility index (Phi) is 7.48. The Hall–Kier alpha value is -0.570. The predicted octanol–water partition coefficient (Wildman–Crippen LogP) is 1.68. The summed E-state index contributed by atoms with van der Waals surface area (Å²) in [5.74, 6) is 0.0994. The van der Waals surface area contributed by atoms with Crippen molar-refractivity contribution in [2.45, 2.75) is 59.0 Å². The van der Waals surface area contributed by atoms with Crippen LogP contribution in [-0.2, 0) is 4.79 Å². The third-order valence-corrected chi connectivity index (χ3v) is 2.07. The second-order valence-electron chi connectivity index (χ2n) is 4.15. The second kappa shape index (κ2) is 7.80. The molecule has 1 unspecified atom stereocenters. The highest BCUT2D eigenvalue weighted by Crippen LogP contribution is 1.98. The zero-order valence-electron chi connectivity index (χ0n) is 9.89. The molecule has 0 radical (unpaired) electrons. The van der Waals surface area contributed by atoms with Crippen molar-refractivity contribution in [3.8, 4) is 0 Å². The first kappa shape index (κ1) is 13.4. The lowest BCUT2D eigenvalue weighted by Gasteiger charge is -2.14. The normalized spacial score (nSPS) is 12.9. The van der Waals surface area contributed by atoms with Gasteiger partial charge in [0.25, 0.3) is 0 Å². The highest BCUT2D eigenvalue weighted by molar-refractivity contribution is 5.78. The molecule has 3 nitrogen and oxygen atoms in total. The maximum atomic E-state index is 11.3.